The second-order valence-corrected chi connectivity index (χ2v) is 3.64. The largest absolute Gasteiger partial charge is 0.480 e. The minimum Gasteiger partial charge on any atom is -0.480 e. The standard InChI is InChI=1S/C10H12ClNO2/c1-6-2-3-7(4-8(6)11)5-9(12)10(13)14/h2-4,9H,5,12H2,1H3,(H,13,14). The van der Waals surface area contributed by atoms with Crippen LogP contribution in [0, 0.1) is 6.92 Å². The van der Waals surface area contributed by atoms with E-state index in [2.05, 4.69) is 0 Å². The molecule has 0 saturated heterocycles. The zero-order valence-corrected chi connectivity index (χ0v) is 8.58. The third-order valence-electron chi connectivity index (χ3n) is 2.01. The molecule has 0 saturated carbocycles. The van der Waals surface area contributed by atoms with Crippen molar-refractivity contribution in [3.8, 4) is 0 Å². The molecule has 1 aromatic carbocycles. The van der Waals surface area contributed by atoms with Gasteiger partial charge in [0.2, 0.25) is 0 Å². The smallest absolute Gasteiger partial charge is 0.320 e. The highest BCUT2D eigenvalue weighted by atomic mass is 35.5. The Morgan fingerprint density at radius 1 is 1.64 bits per heavy atom. The highest BCUT2D eigenvalue weighted by molar-refractivity contribution is 6.31. The number of hydrogen-bond donors (Lipinski definition) is 2. The lowest BCUT2D eigenvalue weighted by molar-refractivity contribution is -0.138. The summed E-state index contributed by atoms with van der Waals surface area (Å²) >= 11 is 5.89. The number of halogens is 1. The molecule has 0 fully saturated rings. The summed E-state index contributed by atoms with van der Waals surface area (Å²) in [5, 5.41) is 9.25. The second-order valence-electron chi connectivity index (χ2n) is 3.23. The molecule has 0 amide bonds. The number of benzene rings is 1. The van der Waals surface area contributed by atoms with Gasteiger partial charge < -0.3 is 10.8 Å². The van der Waals surface area contributed by atoms with E-state index < -0.39 is 12.0 Å². The normalized spacial score (nSPS) is 12.5. The van der Waals surface area contributed by atoms with Crippen molar-refractivity contribution in [3.05, 3.63) is 34.3 Å². The van der Waals surface area contributed by atoms with Gasteiger partial charge >= 0.3 is 5.97 Å². The van der Waals surface area contributed by atoms with Crippen LogP contribution in [0.4, 0.5) is 0 Å². The highest BCUT2D eigenvalue weighted by Crippen LogP contribution is 2.17. The van der Waals surface area contributed by atoms with E-state index in [0.717, 1.165) is 11.1 Å². The first-order chi connectivity index (χ1) is 6.50. The predicted molar refractivity (Wildman–Crippen MR) is 55.5 cm³/mol. The van der Waals surface area contributed by atoms with Crippen molar-refractivity contribution in [1.82, 2.24) is 0 Å². The summed E-state index contributed by atoms with van der Waals surface area (Å²) in [5.74, 6) is -0.998. The molecule has 14 heavy (non-hydrogen) atoms. The van der Waals surface area contributed by atoms with Crippen LogP contribution < -0.4 is 5.73 Å². The Labute approximate surface area is 87.5 Å². The van der Waals surface area contributed by atoms with Crippen LogP contribution in [0.1, 0.15) is 11.1 Å². The number of carboxylic acids is 1. The van der Waals surface area contributed by atoms with Gasteiger partial charge in [-0.15, -0.1) is 0 Å². The van der Waals surface area contributed by atoms with Crippen molar-refractivity contribution in [2.45, 2.75) is 19.4 Å². The van der Waals surface area contributed by atoms with E-state index in [0.29, 0.717) is 11.4 Å². The lowest BCUT2D eigenvalue weighted by Crippen LogP contribution is -2.32. The molecule has 3 N–H and O–H groups in total. The van der Waals surface area contributed by atoms with Crippen LogP contribution in [0.2, 0.25) is 5.02 Å². The Balaban J connectivity index is 2.78. The molecule has 3 nitrogen and oxygen atoms in total. The monoisotopic (exact) mass is 213 g/mol. The quantitative estimate of drug-likeness (QED) is 0.802. The predicted octanol–water partition coefficient (Wildman–Crippen LogP) is 1.60. The van der Waals surface area contributed by atoms with Crippen molar-refractivity contribution in [2.24, 2.45) is 5.73 Å². The van der Waals surface area contributed by atoms with Gasteiger partial charge in [0.1, 0.15) is 6.04 Å². The molecule has 0 aliphatic carbocycles. The molecular weight excluding hydrogens is 202 g/mol. The average Bonchev–Trinajstić information content (AvgIpc) is 2.11. The molecular formula is C10H12ClNO2. The van der Waals surface area contributed by atoms with Gasteiger partial charge in [-0.1, -0.05) is 23.7 Å². The van der Waals surface area contributed by atoms with Crippen LogP contribution in [0.15, 0.2) is 18.2 Å². The molecule has 0 heterocycles. The Kier molecular flexibility index (Phi) is 3.49. The minimum atomic E-state index is -0.998. The molecule has 0 aromatic heterocycles. The van der Waals surface area contributed by atoms with Crippen molar-refractivity contribution < 1.29 is 9.90 Å². The number of aryl methyl sites for hydroxylation is 1. The van der Waals surface area contributed by atoms with Gasteiger partial charge in [0.15, 0.2) is 0 Å². The molecule has 76 valence electrons. The van der Waals surface area contributed by atoms with Gasteiger partial charge in [-0.3, -0.25) is 4.79 Å². The lowest BCUT2D eigenvalue weighted by Gasteiger charge is -2.07. The van der Waals surface area contributed by atoms with E-state index in [1.54, 1.807) is 6.07 Å². The molecule has 1 atom stereocenters. The summed E-state index contributed by atoms with van der Waals surface area (Å²) < 4.78 is 0. The third-order valence-corrected chi connectivity index (χ3v) is 2.42. The number of nitrogens with two attached hydrogens (primary N) is 1. The van der Waals surface area contributed by atoms with Gasteiger partial charge in [0.25, 0.3) is 0 Å². The van der Waals surface area contributed by atoms with E-state index in [1.165, 1.54) is 0 Å². The van der Waals surface area contributed by atoms with Crippen LogP contribution in [0.5, 0.6) is 0 Å². The first kappa shape index (κ1) is 11.0. The van der Waals surface area contributed by atoms with Crippen LogP contribution >= 0.6 is 11.6 Å². The molecule has 0 spiro atoms. The van der Waals surface area contributed by atoms with Crippen molar-refractivity contribution in [2.75, 3.05) is 0 Å². The zero-order valence-electron chi connectivity index (χ0n) is 7.83. The van der Waals surface area contributed by atoms with Gasteiger partial charge in [-0.25, -0.2) is 0 Å². The SMILES string of the molecule is Cc1ccc(CC(N)C(=O)O)cc1Cl. The number of rotatable bonds is 3. The lowest BCUT2D eigenvalue weighted by atomic mass is 10.1. The maximum atomic E-state index is 10.5. The Morgan fingerprint density at radius 2 is 2.29 bits per heavy atom. The minimum absolute atomic E-state index is 0.301. The number of hydrogen-bond acceptors (Lipinski definition) is 2. The summed E-state index contributed by atoms with van der Waals surface area (Å²) in [5.41, 5.74) is 7.21. The highest BCUT2D eigenvalue weighted by Gasteiger charge is 2.12. The average molecular weight is 214 g/mol. The summed E-state index contributed by atoms with van der Waals surface area (Å²) in [6.07, 6.45) is 0.301. The Bertz CT molecular complexity index is 352. The van der Waals surface area contributed by atoms with E-state index in [-0.39, 0.29) is 0 Å². The van der Waals surface area contributed by atoms with Crippen molar-refractivity contribution in [3.63, 3.8) is 0 Å². The van der Waals surface area contributed by atoms with Crippen LogP contribution in [0.3, 0.4) is 0 Å². The fourth-order valence-electron chi connectivity index (χ4n) is 1.10. The van der Waals surface area contributed by atoms with Crippen LogP contribution in [0.25, 0.3) is 0 Å². The maximum absolute atomic E-state index is 10.5. The van der Waals surface area contributed by atoms with Gasteiger partial charge in [-0.2, -0.15) is 0 Å². The van der Waals surface area contributed by atoms with E-state index in [4.69, 9.17) is 22.4 Å². The molecule has 1 unspecified atom stereocenters. The first-order valence-corrected chi connectivity index (χ1v) is 4.62. The van der Waals surface area contributed by atoms with Crippen molar-refractivity contribution in [1.29, 1.82) is 0 Å². The van der Waals surface area contributed by atoms with Gasteiger partial charge in [0, 0.05) is 5.02 Å². The first-order valence-electron chi connectivity index (χ1n) is 4.24. The number of carbonyl (C=O) groups is 1. The number of aliphatic carboxylic acids is 1. The summed E-state index contributed by atoms with van der Waals surface area (Å²) in [6, 6.07) is 4.57. The number of carboxylic acid groups (broad SMARTS) is 1. The third kappa shape index (κ3) is 2.72. The molecule has 0 bridgehead atoms. The van der Waals surface area contributed by atoms with Crippen LogP contribution in [-0.4, -0.2) is 17.1 Å². The van der Waals surface area contributed by atoms with Crippen molar-refractivity contribution >= 4 is 17.6 Å². The fraction of sp³-hybridized carbons (Fsp3) is 0.300. The van der Waals surface area contributed by atoms with E-state index in [1.807, 2.05) is 19.1 Å². The van der Waals surface area contributed by atoms with Crippen LogP contribution in [-0.2, 0) is 11.2 Å². The topological polar surface area (TPSA) is 63.3 Å². The molecule has 1 aromatic rings. The molecule has 0 aliphatic rings. The van der Waals surface area contributed by atoms with Gasteiger partial charge in [-0.05, 0) is 30.5 Å². The molecule has 4 heteroatoms. The molecule has 0 radical (unpaired) electrons. The maximum Gasteiger partial charge on any atom is 0.320 e. The molecule has 0 aliphatic heterocycles. The summed E-state index contributed by atoms with van der Waals surface area (Å²) in [7, 11) is 0. The Hall–Kier alpha value is -1.06. The van der Waals surface area contributed by atoms with E-state index in [9.17, 15) is 4.79 Å². The summed E-state index contributed by atoms with van der Waals surface area (Å²) in [6.45, 7) is 1.89. The second kappa shape index (κ2) is 4.44. The summed E-state index contributed by atoms with van der Waals surface area (Å²) in [4.78, 5) is 10.5. The fourth-order valence-corrected chi connectivity index (χ4v) is 1.31. The Morgan fingerprint density at radius 3 is 2.79 bits per heavy atom. The molecule has 1 rings (SSSR count). The zero-order chi connectivity index (χ0) is 10.7. The van der Waals surface area contributed by atoms with Gasteiger partial charge in [0.05, 0.1) is 0 Å². The van der Waals surface area contributed by atoms with E-state index >= 15 is 0 Å².